The lowest BCUT2D eigenvalue weighted by atomic mass is 9.79. The number of aliphatic imine (C=N–C) groups is 1. The molecule has 0 unspecified atom stereocenters. The summed E-state index contributed by atoms with van der Waals surface area (Å²) < 4.78 is 5.20. The Balaban J connectivity index is 1.26. The van der Waals surface area contributed by atoms with E-state index in [-0.39, 0.29) is 11.9 Å². The molecular weight excluding hydrogens is 357 g/mol. The molecule has 3 aliphatic rings. The molecule has 9 heteroatoms. The summed E-state index contributed by atoms with van der Waals surface area (Å²) in [5.74, 6) is 1.52. The molecule has 1 aliphatic carbocycles. The Hall–Kier alpha value is -2.78. The van der Waals surface area contributed by atoms with Gasteiger partial charge in [0.15, 0.2) is 0 Å². The first-order chi connectivity index (χ1) is 13.7. The van der Waals surface area contributed by atoms with Crippen molar-refractivity contribution in [3.63, 3.8) is 0 Å². The standard InChI is InChI=1S/C19H20BN5O3/c26-17-7-15-18(23-11-24-19(15)25(17)14-2-1-3-14)22-10-21-8-12-4-5-16-13(6-12)9-28-20(16)27/h4-6,8,11,14,27H,1-3,7,9-10H2,(H,22,23,24). The molecule has 142 valence electrons. The number of fused-ring (bicyclic) bond motifs is 2. The zero-order valence-electron chi connectivity index (χ0n) is 15.3. The van der Waals surface area contributed by atoms with Crippen LogP contribution in [0.25, 0.3) is 0 Å². The normalized spacial score (nSPS) is 18.5. The molecular formula is C19H20BN5O3. The third kappa shape index (κ3) is 2.96. The van der Waals surface area contributed by atoms with Gasteiger partial charge in [-0.15, -0.1) is 0 Å². The molecule has 1 aromatic carbocycles. The summed E-state index contributed by atoms with van der Waals surface area (Å²) in [7, 11) is -0.829. The van der Waals surface area contributed by atoms with Gasteiger partial charge < -0.3 is 15.0 Å². The van der Waals surface area contributed by atoms with Crippen LogP contribution in [0, 0.1) is 0 Å². The first-order valence-corrected chi connectivity index (χ1v) is 9.53. The van der Waals surface area contributed by atoms with E-state index < -0.39 is 7.12 Å². The summed E-state index contributed by atoms with van der Waals surface area (Å²) in [5.41, 5.74) is 3.59. The summed E-state index contributed by atoms with van der Waals surface area (Å²) in [6.45, 7) is 0.756. The van der Waals surface area contributed by atoms with Gasteiger partial charge >= 0.3 is 7.12 Å². The van der Waals surface area contributed by atoms with Gasteiger partial charge in [-0.1, -0.05) is 12.1 Å². The van der Waals surface area contributed by atoms with Gasteiger partial charge in [-0.05, 0) is 41.9 Å². The molecule has 5 rings (SSSR count). The van der Waals surface area contributed by atoms with Crippen LogP contribution >= 0.6 is 0 Å². The van der Waals surface area contributed by atoms with Crippen LogP contribution in [-0.2, 0) is 22.5 Å². The topological polar surface area (TPSA) is 99.9 Å². The first kappa shape index (κ1) is 17.3. The molecule has 0 radical (unpaired) electrons. The second-order valence-corrected chi connectivity index (χ2v) is 7.32. The van der Waals surface area contributed by atoms with Crippen molar-refractivity contribution in [2.45, 2.75) is 38.3 Å². The molecule has 3 heterocycles. The summed E-state index contributed by atoms with van der Waals surface area (Å²) in [6, 6.07) is 6.02. The lowest BCUT2D eigenvalue weighted by Crippen LogP contribution is -2.42. The van der Waals surface area contributed by atoms with E-state index in [2.05, 4.69) is 20.3 Å². The predicted octanol–water partition coefficient (Wildman–Crippen LogP) is 0.624. The molecule has 1 fully saturated rings. The average Bonchev–Trinajstić information content (AvgIpc) is 3.18. The molecule has 28 heavy (non-hydrogen) atoms. The highest BCUT2D eigenvalue weighted by atomic mass is 16.5. The zero-order valence-corrected chi connectivity index (χ0v) is 15.3. The third-order valence-electron chi connectivity index (χ3n) is 5.60. The van der Waals surface area contributed by atoms with Crippen molar-refractivity contribution in [1.82, 2.24) is 9.97 Å². The lowest BCUT2D eigenvalue weighted by Gasteiger charge is -2.34. The largest absolute Gasteiger partial charge is 0.491 e. The fourth-order valence-corrected chi connectivity index (χ4v) is 3.90. The van der Waals surface area contributed by atoms with Gasteiger partial charge in [0.25, 0.3) is 0 Å². The van der Waals surface area contributed by atoms with Gasteiger partial charge in [-0.3, -0.25) is 14.7 Å². The number of aromatic nitrogens is 2. The minimum Gasteiger partial charge on any atom is -0.423 e. The average molecular weight is 377 g/mol. The Morgan fingerprint density at radius 1 is 1.39 bits per heavy atom. The van der Waals surface area contributed by atoms with E-state index >= 15 is 0 Å². The minimum absolute atomic E-state index is 0.106. The molecule has 2 aromatic rings. The van der Waals surface area contributed by atoms with Crippen LogP contribution in [0.1, 0.15) is 36.0 Å². The van der Waals surface area contributed by atoms with Crippen molar-refractivity contribution in [3.8, 4) is 0 Å². The molecule has 0 saturated heterocycles. The molecule has 8 nitrogen and oxygen atoms in total. The Kier molecular flexibility index (Phi) is 4.33. The number of hydrogen-bond acceptors (Lipinski definition) is 7. The van der Waals surface area contributed by atoms with Crippen LogP contribution < -0.4 is 15.7 Å². The van der Waals surface area contributed by atoms with E-state index in [4.69, 9.17) is 4.65 Å². The van der Waals surface area contributed by atoms with Crippen molar-refractivity contribution in [3.05, 3.63) is 41.2 Å². The molecule has 0 atom stereocenters. The van der Waals surface area contributed by atoms with E-state index in [1.54, 1.807) is 6.21 Å². The maximum atomic E-state index is 12.4. The molecule has 1 aromatic heterocycles. The maximum absolute atomic E-state index is 12.4. The van der Waals surface area contributed by atoms with E-state index in [0.717, 1.165) is 40.8 Å². The number of anilines is 2. The number of carbonyl (C=O) groups is 1. The van der Waals surface area contributed by atoms with Crippen LogP contribution in [0.2, 0.25) is 0 Å². The van der Waals surface area contributed by atoms with Crippen LogP contribution in [0.3, 0.4) is 0 Å². The number of hydrogen-bond donors (Lipinski definition) is 2. The van der Waals surface area contributed by atoms with Crippen molar-refractivity contribution in [2.24, 2.45) is 4.99 Å². The smallest absolute Gasteiger partial charge is 0.423 e. The van der Waals surface area contributed by atoms with Crippen LogP contribution in [-0.4, -0.2) is 46.9 Å². The van der Waals surface area contributed by atoms with Crippen molar-refractivity contribution < 1.29 is 14.5 Å². The molecule has 2 N–H and O–H groups in total. The number of nitrogens with one attached hydrogen (secondary N) is 1. The van der Waals surface area contributed by atoms with E-state index in [1.165, 1.54) is 12.7 Å². The number of amides is 1. The molecule has 0 bridgehead atoms. The second kappa shape index (κ2) is 6.99. The predicted molar refractivity (Wildman–Crippen MR) is 106 cm³/mol. The highest BCUT2D eigenvalue weighted by Crippen LogP contribution is 2.37. The molecule has 1 amide bonds. The summed E-state index contributed by atoms with van der Waals surface area (Å²) >= 11 is 0. The highest BCUT2D eigenvalue weighted by molar-refractivity contribution is 6.61. The highest BCUT2D eigenvalue weighted by Gasteiger charge is 2.38. The van der Waals surface area contributed by atoms with E-state index in [0.29, 0.717) is 25.5 Å². The first-order valence-electron chi connectivity index (χ1n) is 9.53. The van der Waals surface area contributed by atoms with Crippen LogP contribution in [0.4, 0.5) is 11.6 Å². The van der Waals surface area contributed by atoms with Crippen molar-refractivity contribution in [2.75, 3.05) is 16.9 Å². The third-order valence-corrected chi connectivity index (χ3v) is 5.60. The van der Waals surface area contributed by atoms with Crippen molar-refractivity contribution >= 4 is 36.3 Å². The summed E-state index contributed by atoms with van der Waals surface area (Å²) in [4.78, 5) is 27.3. The van der Waals surface area contributed by atoms with E-state index in [1.807, 2.05) is 23.1 Å². The quantitative estimate of drug-likeness (QED) is 0.586. The Labute approximate surface area is 162 Å². The lowest BCUT2D eigenvalue weighted by molar-refractivity contribution is -0.118. The summed E-state index contributed by atoms with van der Waals surface area (Å²) in [6.07, 6.45) is 6.87. The second-order valence-electron chi connectivity index (χ2n) is 7.32. The van der Waals surface area contributed by atoms with Gasteiger partial charge in [0.2, 0.25) is 5.91 Å². The van der Waals surface area contributed by atoms with E-state index in [9.17, 15) is 9.82 Å². The van der Waals surface area contributed by atoms with Crippen LogP contribution in [0.5, 0.6) is 0 Å². The van der Waals surface area contributed by atoms with Crippen LogP contribution in [0.15, 0.2) is 29.5 Å². The minimum atomic E-state index is -0.829. The molecule has 0 spiro atoms. The van der Waals surface area contributed by atoms with Gasteiger partial charge in [0.05, 0.1) is 13.0 Å². The number of carbonyl (C=O) groups excluding carboxylic acids is 1. The fraction of sp³-hybridized carbons (Fsp3) is 0.368. The maximum Gasteiger partial charge on any atom is 0.491 e. The van der Waals surface area contributed by atoms with Gasteiger partial charge in [-0.2, -0.15) is 0 Å². The number of benzene rings is 1. The van der Waals surface area contributed by atoms with Gasteiger partial charge in [0, 0.05) is 17.8 Å². The molecule has 2 aliphatic heterocycles. The number of nitrogens with zero attached hydrogens (tertiary/aromatic N) is 4. The van der Waals surface area contributed by atoms with Crippen molar-refractivity contribution in [1.29, 1.82) is 0 Å². The Bertz CT molecular complexity index is 963. The molecule has 1 saturated carbocycles. The Morgan fingerprint density at radius 2 is 2.29 bits per heavy atom. The fourth-order valence-electron chi connectivity index (χ4n) is 3.90. The SMILES string of the molecule is O=C1Cc2c(NCN=Cc3ccc4c(c3)COB4O)ncnc2N1C1CCC1. The zero-order chi connectivity index (χ0) is 19.1. The van der Waals surface area contributed by atoms with Gasteiger partial charge in [-0.25, -0.2) is 9.97 Å². The number of rotatable bonds is 5. The monoisotopic (exact) mass is 377 g/mol. The summed E-state index contributed by atoms with van der Waals surface area (Å²) in [5, 5.41) is 12.9. The van der Waals surface area contributed by atoms with Gasteiger partial charge in [0.1, 0.15) is 24.6 Å². The Morgan fingerprint density at radius 3 is 3.11 bits per heavy atom.